The summed E-state index contributed by atoms with van der Waals surface area (Å²) in [6, 6.07) is 0. The van der Waals surface area contributed by atoms with Crippen LogP contribution in [0.5, 0.6) is 0 Å². The van der Waals surface area contributed by atoms with Crippen LogP contribution in [0, 0.1) is 10.1 Å². The van der Waals surface area contributed by atoms with Gasteiger partial charge in [-0.3, -0.25) is 14.9 Å². The Morgan fingerprint density at radius 3 is 2.43 bits per heavy atom. The molecule has 1 aromatic rings. The van der Waals surface area contributed by atoms with Gasteiger partial charge in [0.05, 0.1) is 4.92 Å². The Balaban J connectivity index is 2.07. The first kappa shape index (κ1) is 17.6. The highest BCUT2D eigenvalue weighted by atomic mass is 32.1. The van der Waals surface area contributed by atoms with Gasteiger partial charge in [-0.25, -0.2) is 4.98 Å². The van der Waals surface area contributed by atoms with Gasteiger partial charge < -0.3 is 5.32 Å². The molecule has 0 saturated carbocycles. The first-order chi connectivity index (χ1) is 10.1. The molecule has 21 heavy (non-hydrogen) atoms. The van der Waals surface area contributed by atoms with Crippen LogP contribution in [0.1, 0.15) is 64.7 Å². The van der Waals surface area contributed by atoms with Crippen molar-refractivity contribution in [3.8, 4) is 0 Å². The van der Waals surface area contributed by atoms with Crippen LogP contribution in [0.15, 0.2) is 6.20 Å². The average molecular weight is 313 g/mol. The summed E-state index contributed by atoms with van der Waals surface area (Å²) in [4.78, 5) is 25.5. The molecule has 0 bridgehead atoms. The second kappa shape index (κ2) is 10.3. The number of unbranched alkanes of at least 4 members (excludes halogenated alkanes) is 7. The van der Waals surface area contributed by atoms with E-state index in [1.165, 1.54) is 38.5 Å². The molecule has 0 unspecified atom stereocenters. The minimum Gasteiger partial charge on any atom is -0.302 e. The van der Waals surface area contributed by atoms with Crippen LogP contribution in [-0.4, -0.2) is 15.8 Å². The zero-order chi connectivity index (χ0) is 15.5. The van der Waals surface area contributed by atoms with Crippen molar-refractivity contribution in [3.05, 3.63) is 16.3 Å². The van der Waals surface area contributed by atoms with Gasteiger partial charge in [0.2, 0.25) is 5.91 Å². The number of nitro groups is 1. The molecule has 1 aromatic heterocycles. The lowest BCUT2D eigenvalue weighted by Gasteiger charge is -2.02. The van der Waals surface area contributed by atoms with E-state index in [-0.39, 0.29) is 10.9 Å². The van der Waals surface area contributed by atoms with Gasteiger partial charge in [0.25, 0.3) is 0 Å². The normalized spacial score (nSPS) is 10.5. The number of hydrogen-bond donors (Lipinski definition) is 1. The molecule has 6 nitrogen and oxygen atoms in total. The lowest BCUT2D eigenvalue weighted by atomic mass is 10.1. The van der Waals surface area contributed by atoms with Crippen LogP contribution in [0.2, 0.25) is 0 Å². The molecule has 0 saturated heterocycles. The number of carbonyl (C=O) groups excluding carboxylic acids is 1. The maximum absolute atomic E-state index is 11.7. The van der Waals surface area contributed by atoms with Crippen LogP contribution in [-0.2, 0) is 4.79 Å². The first-order valence-electron chi connectivity index (χ1n) is 7.53. The van der Waals surface area contributed by atoms with Crippen molar-refractivity contribution in [1.82, 2.24) is 4.98 Å². The van der Waals surface area contributed by atoms with Gasteiger partial charge in [0.15, 0.2) is 5.13 Å². The topological polar surface area (TPSA) is 85.1 Å². The average Bonchev–Trinajstić information content (AvgIpc) is 2.90. The summed E-state index contributed by atoms with van der Waals surface area (Å²) < 4.78 is 0. The molecule has 0 radical (unpaired) electrons. The zero-order valence-corrected chi connectivity index (χ0v) is 13.3. The maximum Gasteiger partial charge on any atom is 0.345 e. The Labute approximate surface area is 129 Å². The highest BCUT2D eigenvalue weighted by Gasteiger charge is 2.13. The molecule has 0 aliphatic carbocycles. The number of hydrogen-bond acceptors (Lipinski definition) is 5. The molecule has 118 valence electrons. The van der Waals surface area contributed by atoms with Gasteiger partial charge in [0.1, 0.15) is 6.20 Å². The minimum atomic E-state index is -0.508. The van der Waals surface area contributed by atoms with E-state index in [1.807, 2.05) is 0 Å². The molecule has 7 heteroatoms. The van der Waals surface area contributed by atoms with Crippen LogP contribution in [0.4, 0.5) is 10.1 Å². The van der Waals surface area contributed by atoms with E-state index in [4.69, 9.17) is 0 Å². The number of anilines is 1. The molecule has 1 N–H and O–H groups in total. The van der Waals surface area contributed by atoms with E-state index in [2.05, 4.69) is 17.2 Å². The van der Waals surface area contributed by atoms with Crippen molar-refractivity contribution < 1.29 is 9.72 Å². The maximum atomic E-state index is 11.7. The Morgan fingerprint density at radius 1 is 1.24 bits per heavy atom. The lowest BCUT2D eigenvalue weighted by Crippen LogP contribution is -2.10. The van der Waals surface area contributed by atoms with Gasteiger partial charge >= 0.3 is 5.00 Å². The fraction of sp³-hybridized carbons (Fsp3) is 0.714. The van der Waals surface area contributed by atoms with Crippen LogP contribution in [0.3, 0.4) is 0 Å². The second-order valence-corrected chi connectivity index (χ2v) is 6.04. The zero-order valence-electron chi connectivity index (χ0n) is 12.5. The number of amides is 1. The standard InChI is InChI=1S/C14H23N3O3S/c1-2-3-4-5-6-7-8-9-10-12(18)16-14-15-11-13(21-14)17(19)20/h11H,2-10H2,1H3,(H,15,16,18). The van der Waals surface area contributed by atoms with Gasteiger partial charge in [0, 0.05) is 6.42 Å². The quantitative estimate of drug-likeness (QED) is 0.370. The number of carbonyl (C=O) groups is 1. The van der Waals surface area contributed by atoms with Crippen molar-refractivity contribution in [2.45, 2.75) is 64.7 Å². The van der Waals surface area contributed by atoms with Crippen molar-refractivity contribution in [2.24, 2.45) is 0 Å². The summed E-state index contributed by atoms with van der Waals surface area (Å²) in [7, 11) is 0. The minimum absolute atomic E-state index is 0.0580. The summed E-state index contributed by atoms with van der Waals surface area (Å²) >= 11 is 0.882. The summed E-state index contributed by atoms with van der Waals surface area (Å²) in [5, 5.41) is 13.3. The van der Waals surface area contributed by atoms with E-state index >= 15 is 0 Å². The molecule has 0 atom stereocenters. The third-order valence-corrected chi connectivity index (χ3v) is 4.04. The van der Waals surface area contributed by atoms with E-state index in [1.54, 1.807) is 0 Å². The van der Waals surface area contributed by atoms with E-state index in [9.17, 15) is 14.9 Å². The predicted molar refractivity (Wildman–Crippen MR) is 84.6 cm³/mol. The van der Waals surface area contributed by atoms with Crippen molar-refractivity contribution >= 4 is 27.4 Å². The summed E-state index contributed by atoms with van der Waals surface area (Å²) in [6.45, 7) is 2.20. The molecule has 0 spiro atoms. The van der Waals surface area contributed by atoms with Gasteiger partial charge in [-0.1, -0.05) is 51.9 Å². The van der Waals surface area contributed by atoms with E-state index in [0.717, 1.165) is 30.4 Å². The highest BCUT2D eigenvalue weighted by Crippen LogP contribution is 2.25. The Kier molecular flexibility index (Phi) is 8.57. The number of aromatic nitrogens is 1. The van der Waals surface area contributed by atoms with E-state index in [0.29, 0.717) is 11.6 Å². The van der Waals surface area contributed by atoms with Gasteiger partial charge in [-0.2, -0.15) is 0 Å². The number of nitrogens with zero attached hydrogens (tertiary/aromatic N) is 2. The third-order valence-electron chi connectivity index (χ3n) is 3.18. The smallest absolute Gasteiger partial charge is 0.302 e. The Bertz CT molecular complexity index is 448. The van der Waals surface area contributed by atoms with Crippen molar-refractivity contribution in [1.29, 1.82) is 0 Å². The molecule has 1 rings (SSSR count). The van der Waals surface area contributed by atoms with Gasteiger partial charge in [-0.05, 0) is 17.8 Å². The Hall–Kier alpha value is -1.50. The molecule has 0 fully saturated rings. The summed E-state index contributed by atoms with van der Waals surface area (Å²) in [6.07, 6.45) is 11.1. The summed E-state index contributed by atoms with van der Waals surface area (Å²) in [5.41, 5.74) is 0. The molecule has 0 aliphatic rings. The second-order valence-electron chi connectivity index (χ2n) is 5.03. The summed E-state index contributed by atoms with van der Waals surface area (Å²) in [5.74, 6) is -0.120. The third kappa shape index (κ3) is 7.75. The SMILES string of the molecule is CCCCCCCCCCC(=O)Nc1ncc([N+](=O)[O-])s1. The molecular formula is C14H23N3O3S. The van der Waals surface area contributed by atoms with Crippen molar-refractivity contribution in [2.75, 3.05) is 5.32 Å². The fourth-order valence-corrected chi connectivity index (χ4v) is 2.66. The number of nitrogens with one attached hydrogen (secondary N) is 1. The number of rotatable bonds is 11. The fourth-order valence-electron chi connectivity index (χ4n) is 2.01. The number of thiazole rings is 1. The monoisotopic (exact) mass is 313 g/mol. The highest BCUT2D eigenvalue weighted by molar-refractivity contribution is 7.18. The molecule has 0 aromatic carbocycles. The van der Waals surface area contributed by atoms with Crippen LogP contribution in [0.25, 0.3) is 0 Å². The van der Waals surface area contributed by atoms with Crippen LogP contribution >= 0.6 is 11.3 Å². The molecule has 1 amide bonds. The largest absolute Gasteiger partial charge is 0.345 e. The predicted octanol–water partition coefficient (Wildman–Crippen LogP) is 4.52. The molecule has 0 aliphatic heterocycles. The Morgan fingerprint density at radius 2 is 1.86 bits per heavy atom. The first-order valence-corrected chi connectivity index (χ1v) is 8.35. The van der Waals surface area contributed by atoms with Gasteiger partial charge in [-0.15, -0.1) is 0 Å². The molecular weight excluding hydrogens is 290 g/mol. The molecule has 1 heterocycles. The van der Waals surface area contributed by atoms with E-state index < -0.39 is 4.92 Å². The van der Waals surface area contributed by atoms with Crippen LogP contribution < -0.4 is 5.32 Å². The van der Waals surface area contributed by atoms with Crippen molar-refractivity contribution in [3.63, 3.8) is 0 Å². The lowest BCUT2D eigenvalue weighted by molar-refractivity contribution is -0.380.